The molecule has 1 aliphatic carbocycles. The van der Waals surface area contributed by atoms with Crippen molar-refractivity contribution in [1.82, 2.24) is 5.32 Å². The molecule has 0 radical (unpaired) electrons. The zero-order valence-corrected chi connectivity index (χ0v) is 32.6. The van der Waals surface area contributed by atoms with Crippen LogP contribution in [0.5, 0.6) is 11.5 Å². The lowest BCUT2D eigenvalue weighted by atomic mass is 9.66. The van der Waals surface area contributed by atoms with Gasteiger partial charge in [-0.3, -0.25) is 0 Å². The zero-order valence-electron chi connectivity index (χ0n) is 32.6. The van der Waals surface area contributed by atoms with Crippen LogP contribution in [0.25, 0.3) is 44.2 Å². The molecule has 1 N–H and O–H groups in total. The van der Waals surface area contributed by atoms with Gasteiger partial charge in [-0.25, -0.2) is 9.98 Å². The molecule has 4 nitrogen and oxygen atoms in total. The quantitative estimate of drug-likeness (QED) is 0.190. The Morgan fingerprint density at radius 2 is 0.967 bits per heavy atom. The molecule has 12 rings (SSSR count). The molecule has 1 unspecified atom stereocenters. The number of ether oxygens (including phenoxy) is 1. The monoisotopic (exact) mass is 767 g/mol. The van der Waals surface area contributed by atoms with Crippen molar-refractivity contribution in [2.75, 3.05) is 0 Å². The van der Waals surface area contributed by atoms with Gasteiger partial charge in [0.15, 0.2) is 5.84 Å². The highest BCUT2D eigenvalue weighted by Gasteiger charge is 2.50. The van der Waals surface area contributed by atoms with Crippen molar-refractivity contribution in [3.8, 4) is 44.9 Å². The molecule has 4 heteroatoms. The van der Waals surface area contributed by atoms with E-state index in [2.05, 4.69) is 212 Å². The molecule has 0 saturated carbocycles. The first kappa shape index (κ1) is 34.2. The van der Waals surface area contributed by atoms with Gasteiger partial charge in [0, 0.05) is 22.3 Å². The van der Waals surface area contributed by atoms with Crippen LogP contribution in [0.4, 0.5) is 0 Å². The third kappa shape index (κ3) is 5.24. The van der Waals surface area contributed by atoms with Gasteiger partial charge >= 0.3 is 0 Å². The van der Waals surface area contributed by atoms with E-state index in [-0.39, 0.29) is 6.17 Å². The first-order valence-corrected chi connectivity index (χ1v) is 20.5. The summed E-state index contributed by atoms with van der Waals surface area (Å²) in [6, 6.07) is 75.5. The van der Waals surface area contributed by atoms with Crippen molar-refractivity contribution in [2.24, 2.45) is 9.98 Å². The number of hydrogen-bond acceptors (Lipinski definition) is 4. The molecule has 0 aromatic heterocycles. The molecule has 1 atom stereocenters. The zero-order chi connectivity index (χ0) is 39.6. The minimum atomic E-state index is -0.496. The molecule has 1 spiro atoms. The van der Waals surface area contributed by atoms with E-state index in [1.54, 1.807) is 0 Å². The lowest BCUT2D eigenvalue weighted by Gasteiger charge is -2.39. The molecule has 60 heavy (non-hydrogen) atoms. The van der Waals surface area contributed by atoms with Gasteiger partial charge < -0.3 is 10.1 Å². The van der Waals surface area contributed by atoms with Crippen LogP contribution < -0.4 is 10.1 Å². The molecule has 2 aliphatic heterocycles. The van der Waals surface area contributed by atoms with E-state index < -0.39 is 5.41 Å². The Morgan fingerprint density at radius 3 is 1.73 bits per heavy atom. The number of aliphatic imine (C=N–C) groups is 2. The highest BCUT2D eigenvalue weighted by molar-refractivity contribution is 6.19. The normalized spacial score (nSPS) is 15.4. The average molecular weight is 768 g/mol. The van der Waals surface area contributed by atoms with E-state index in [9.17, 15) is 0 Å². The van der Waals surface area contributed by atoms with E-state index in [0.29, 0.717) is 5.84 Å². The molecule has 2 heterocycles. The molecule has 3 aliphatic rings. The Labute approximate surface area is 348 Å². The number of para-hydroxylation sites is 1. The van der Waals surface area contributed by atoms with Crippen molar-refractivity contribution < 1.29 is 4.74 Å². The predicted molar refractivity (Wildman–Crippen MR) is 244 cm³/mol. The molecule has 282 valence electrons. The number of nitrogens with one attached hydrogen (secondary N) is 1. The largest absolute Gasteiger partial charge is 0.457 e. The SMILES string of the molecule is c1ccc(-c2ccc(C3=NC(c4ccccc4)NC(c4cccc(-c5ccc6c(c5)Oc5ccccc5C65c6ccccc6-c6ccccc65)c4)=N3)c3ccccc23)cc1. The van der Waals surface area contributed by atoms with Crippen LogP contribution in [0.1, 0.15) is 45.1 Å². The molecule has 0 saturated heterocycles. The summed E-state index contributed by atoms with van der Waals surface area (Å²) in [5.74, 6) is 3.21. The fraction of sp³-hybridized carbons (Fsp3) is 0.0357. The van der Waals surface area contributed by atoms with Crippen molar-refractivity contribution in [2.45, 2.75) is 11.6 Å². The Morgan fingerprint density at radius 1 is 0.400 bits per heavy atom. The van der Waals surface area contributed by atoms with Gasteiger partial charge in [-0.1, -0.05) is 188 Å². The number of rotatable bonds is 5. The smallest absolute Gasteiger partial charge is 0.160 e. The van der Waals surface area contributed by atoms with Crippen LogP contribution in [0.2, 0.25) is 0 Å². The van der Waals surface area contributed by atoms with Crippen molar-refractivity contribution in [1.29, 1.82) is 0 Å². The van der Waals surface area contributed by atoms with Gasteiger partial charge in [0.2, 0.25) is 0 Å². The van der Waals surface area contributed by atoms with Gasteiger partial charge in [0.1, 0.15) is 23.5 Å². The lowest BCUT2D eigenvalue weighted by Crippen LogP contribution is -2.33. The van der Waals surface area contributed by atoms with Crippen LogP contribution in [-0.4, -0.2) is 11.7 Å². The number of amidine groups is 2. The number of hydrogen-bond donors (Lipinski definition) is 1. The maximum Gasteiger partial charge on any atom is 0.160 e. The minimum absolute atomic E-state index is 0.324. The summed E-state index contributed by atoms with van der Waals surface area (Å²) in [6.45, 7) is 0. The van der Waals surface area contributed by atoms with Gasteiger partial charge in [-0.15, -0.1) is 0 Å². The number of benzene rings is 9. The molecule has 0 amide bonds. The first-order valence-electron chi connectivity index (χ1n) is 20.5. The third-order valence-corrected chi connectivity index (χ3v) is 12.4. The summed E-state index contributed by atoms with van der Waals surface area (Å²) in [5, 5.41) is 5.98. The lowest BCUT2D eigenvalue weighted by molar-refractivity contribution is 0.436. The van der Waals surface area contributed by atoms with E-state index >= 15 is 0 Å². The molecular weight excluding hydrogens is 731 g/mol. The Hall–Kier alpha value is -7.82. The van der Waals surface area contributed by atoms with Crippen LogP contribution in [0.15, 0.2) is 222 Å². The molecule has 0 fully saturated rings. The molecule has 0 bridgehead atoms. The second kappa shape index (κ2) is 13.6. The van der Waals surface area contributed by atoms with Gasteiger partial charge in [0.25, 0.3) is 0 Å². The van der Waals surface area contributed by atoms with Crippen LogP contribution in [0.3, 0.4) is 0 Å². The fourth-order valence-electron chi connectivity index (χ4n) is 9.77. The summed E-state index contributed by atoms with van der Waals surface area (Å²) >= 11 is 0. The summed E-state index contributed by atoms with van der Waals surface area (Å²) in [5.41, 5.74) is 14.5. The third-order valence-electron chi connectivity index (χ3n) is 12.4. The number of fused-ring (bicyclic) bond motifs is 10. The maximum absolute atomic E-state index is 6.85. The minimum Gasteiger partial charge on any atom is -0.457 e. The summed E-state index contributed by atoms with van der Waals surface area (Å²) in [7, 11) is 0. The predicted octanol–water partition coefficient (Wildman–Crippen LogP) is 13.1. The average Bonchev–Trinajstić information content (AvgIpc) is 3.62. The van der Waals surface area contributed by atoms with Gasteiger partial charge in [-0.2, -0.15) is 0 Å². The van der Waals surface area contributed by atoms with Crippen molar-refractivity contribution in [3.63, 3.8) is 0 Å². The van der Waals surface area contributed by atoms with Gasteiger partial charge in [-0.05, 0) is 85.1 Å². The highest BCUT2D eigenvalue weighted by Crippen LogP contribution is 2.62. The van der Waals surface area contributed by atoms with Crippen LogP contribution in [0, 0.1) is 0 Å². The Balaban J connectivity index is 0.976. The maximum atomic E-state index is 6.85. The molecule has 9 aromatic carbocycles. The summed E-state index contributed by atoms with van der Waals surface area (Å²) in [6.07, 6.45) is -0.324. The van der Waals surface area contributed by atoms with E-state index in [0.717, 1.165) is 56.1 Å². The fourth-order valence-corrected chi connectivity index (χ4v) is 9.77. The Kier molecular flexibility index (Phi) is 7.79. The van der Waals surface area contributed by atoms with Gasteiger partial charge in [0.05, 0.1) is 5.41 Å². The second-order valence-electron chi connectivity index (χ2n) is 15.7. The highest BCUT2D eigenvalue weighted by atomic mass is 16.5. The topological polar surface area (TPSA) is 46.0 Å². The number of nitrogens with zero attached hydrogens (tertiary/aromatic N) is 2. The van der Waals surface area contributed by atoms with Crippen molar-refractivity contribution in [3.05, 3.63) is 251 Å². The van der Waals surface area contributed by atoms with E-state index in [1.165, 1.54) is 44.3 Å². The Bertz CT molecular complexity index is 3180. The molecular formula is C56H37N3O. The summed E-state index contributed by atoms with van der Waals surface area (Å²) < 4.78 is 6.85. The van der Waals surface area contributed by atoms with E-state index in [1.807, 2.05) is 6.07 Å². The van der Waals surface area contributed by atoms with E-state index in [4.69, 9.17) is 14.7 Å². The standard InChI is InChI=1S/C56H37N3O/c1-3-16-36(17-4-1)41-31-32-46(43-23-8-7-22-42(41)43)55-58-53(37-18-5-2-6-19-37)57-54(59-55)40-21-15-20-38(34-40)39-30-33-50-52(35-39)60-51-29-14-13-28-49(51)56(50)47-26-11-9-24-44(47)45-25-10-12-27-48(45)56/h1-35,53H,(H,57,58,59). The molecule has 9 aromatic rings. The van der Waals surface area contributed by atoms with Crippen LogP contribution in [-0.2, 0) is 5.41 Å². The second-order valence-corrected chi connectivity index (χ2v) is 15.7. The summed E-state index contributed by atoms with van der Waals surface area (Å²) in [4.78, 5) is 10.6. The van der Waals surface area contributed by atoms with Crippen molar-refractivity contribution >= 4 is 22.4 Å². The first-order chi connectivity index (χ1) is 29.7. The van der Waals surface area contributed by atoms with Crippen LogP contribution >= 0.6 is 0 Å².